The van der Waals surface area contributed by atoms with Gasteiger partial charge in [0.15, 0.2) is 34.9 Å². The van der Waals surface area contributed by atoms with Crippen molar-refractivity contribution in [3.8, 4) is 96.3 Å². The van der Waals surface area contributed by atoms with Crippen LogP contribution in [0.2, 0.25) is 0 Å². The third-order valence-corrected chi connectivity index (χ3v) is 12.1. The molecule has 7 heteroatoms. The average Bonchev–Trinajstić information content (AvgIpc) is 3.75. The Labute approximate surface area is 387 Å². The Balaban J connectivity index is 0.986. The lowest BCUT2D eigenvalue weighted by Crippen LogP contribution is -2.00. The fraction of sp³-hybridized carbons (Fsp3) is 0. The highest BCUT2D eigenvalue weighted by Crippen LogP contribution is 2.38. The third-order valence-electron chi connectivity index (χ3n) is 12.1. The first-order valence-corrected chi connectivity index (χ1v) is 22.3. The molecule has 0 aliphatic heterocycles. The Morgan fingerprint density at radius 2 is 0.463 bits per heavy atom. The first-order chi connectivity index (χ1) is 33.2. The highest BCUT2D eigenvalue weighted by Gasteiger charge is 2.19. The SMILES string of the molecule is c1ccc(-c2ccc(-n3c4cc(-c5ccc(-c6nc(-c7ccccc7)nc(-c7ccccc7)n6)cc5)ccc4c4ccc(-c5nc(-c6ccccc6)nc(-c6ccccc6)n5)cc43)cc2)cc1. The topological polar surface area (TPSA) is 82.3 Å². The third kappa shape index (κ3) is 7.70. The van der Waals surface area contributed by atoms with E-state index in [9.17, 15) is 0 Å². The van der Waals surface area contributed by atoms with Crippen LogP contribution in [-0.2, 0) is 0 Å². The van der Waals surface area contributed by atoms with E-state index < -0.39 is 0 Å². The maximum Gasteiger partial charge on any atom is 0.164 e. The summed E-state index contributed by atoms with van der Waals surface area (Å²) in [7, 11) is 0. The van der Waals surface area contributed by atoms with Crippen molar-refractivity contribution in [2.45, 2.75) is 0 Å². The minimum absolute atomic E-state index is 0.608. The van der Waals surface area contributed by atoms with Gasteiger partial charge in [0.1, 0.15) is 0 Å². The van der Waals surface area contributed by atoms with Crippen molar-refractivity contribution in [3.63, 3.8) is 0 Å². The van der Waals surface area contributed by atoms with Gasteiger partial charge < -0.3 is 4.57 Å². The molecule has 3 aromatic heterocycles. The van der Waals surface area contributed by atoms with Gasteiger partial charge in [0.2, 0.25) is 0 Å². The Bertz CT molecular complexity index is 3580. The number of hydrogen-bond acceptors (Lipinski definition) is 6. The number of aromatic nitrogens is 7. The molecule has 0 fully saturated rings. The molecule has 3 heterocycles. The summed E-state index contributed by atoms with van der Waals surface area (Å²) in [6.45, 7) is 0. The lowest BCUT2D eigenvalue weighted by Gasteiger charge is -2.12. The van der Waals surface area contributed by atoms with Crippen LogP contribution in [0.15, 0.2) is 237 Å². The molecule has 0 aliphatic carbocycles. The molecule has 0 atom stereocenters. The zero-order chi connectivity index (χ0) is 44.5. The van der Waals surface area contributed by atoms with Crippen LogP contribution in [0.25, 0.3) is 118 Å². The largest absolute Gasteiger partial charge is 0.309 e. The van der Waals surface area contributed by atoms with Crippen molar-refractivity contribution in [1.82, 2.24) is 34.5 Å². The molecule has 0 spiro atoms. The molecule has 0 N–H and O–H groups in total. The van der Waals surface area contributed by atoms with E-state index in [0.29, 0.717) is 34.9 Å². The molecular weight excluding hydrogens is 819 g/mol. The smallest absolute Gasteiger partial charge is 0.164 e. The van der Waals surface area contributed by atoms with E-state index >= 15 is 0 Å². The fourth-order valence-electron chi connectivity index (χ4n) is 8.74. The Hall–Kier alpha value is -9.20. The van der Waals surface area contributed by atoms with E-state index in [4.69, 9.17) is 29.9 Å². The van der Waals surface area contributed by atoms with Gasteiger partial charge in [0.25, 0.3) is 0 Å². The summed E-state index contributed by atoms with van der Waals surface area (Å²) >= 11 is 0. The van der Waals surface area contributed by atoms with E-state index in [0.717, 1.165) is 77.6 Å². The maximum atomic E-state index is 5.09. The summed E-state index contributed by atoms with van der Waals surface area (Å²) in [5, 5.41) is 2.28. The molecule has 9 aromatic carbocycles. The normalized spacial score (nSPS) is 11.3. The Morgan fingerprint density at radius 1 is 0.209 bits per heavy atom. The number of fused-ring (bicyclic) bond motifs is 3. The standard InChI is InChI=1S/C60H39N7/c1-6-16-40(17-7-1)41-30-34-50(35-31-41)67-53-38-48(42-26-28-47(29-27-42)59-63-55(43-18-8-2-9-19-43)61-56(64-59)44-20-10-3-11-21-44)32-36-51(53)52-37-33-49(39-54(52)67)60-65-57(45-22-12-4-13-23-45)62-58(66-60)46-24-14-5-15-25-46/h1-39H. The lowest BCUT2D eigenvalue weighted by atomic mass is 10.0. The van der Waals surface area contributed by atoms with Crippen LogP contribution in [0.3, 0.4) is 0 Å². The van der Waals surface area contributed by atoms with Crippen molar-refractivity contribution in [2.24, 2.45) is 0 Å². The summed E-state index contributed by atoms with van der Waals surface area (Å²) in [5.74, 6) is 3.75. The molecule has 0 saturated carbocycles. The fourth-order valence-corrected chi connectivity index (χ4v) is 8.74. The summed E-state index contributed by atoms with van der Waals surface area (Å²) in [6.07, 6.45) is 0. The minimum atomic E-state index is 0.608. The van der Waals surface area contributed by atoms with Crippen LogP contribution in [0.5, 0.6) is 0 Å². The zero-order valence-electron chi connectivity index (χ0n) is 36.1. The quantitative estimate of drug-likeness (QED) is 0.144. The highest BCUT2D eigenvalue weighted by molar-refractivity contribution is 6.11. The van der Waals surface area contributed by atoms with Gasteiger partial charge in [-0.15, -0.1) is 0 Å². The second kappa shape index (κ2) is 17.1. The zero-order valence-corrected chi connectivity index (χ0v) is 36.1. The van der Waals surface area contributed by atoms with E-state index in [1.54, 1.807) is 0 Å². The predicted octanol–water partition coefficient (Wildman–Crippen LogP) is 14.5. The molecule has 0 amide bonds. The number of hydrogen-bond donors (Lipinski definition) is 0. The second-order valence-electron chi connectivity index (χ2n) is 16.4. The van der Waals surface area contributed by atoms with Gasteiger partial charge in [0.05, 0.1) is 11.0 Å². The van der Waals surface area contributed by atoms with Crippen molar-refractivity contribution < 1.29 is 0 Å². The van der Waals surface area contributed by atoms with Gasteiger partial charge in [-0.2, -0.15) is 0 Å². The lowest BCUT2D eigenvalue weighted by molar-refractivity contribution is 1.07. The van der Waals surface area contributed by atoms with Gasteiger partial charge in [-0.05, 0) is 46.5 Å². The number of benzene rings is 9. The monoisotopic (exact) mass is 857 g/mol. The molecule has 7 nitrogen and oxygen atoms in total. The van der Waals surface area contributed by atoms with Crippen molar-refractivity contribution in [1.29, 1.82) is 0 Å². The van der Waals surface area contributed by atoms with Gasteiger partial charge >= 0.3 is 0 Å². The van der Waals surface area contributed by atoms with Crippen LogP contribution in [-0.4, -0.2) is 34.5 Å². The van der Waals surface area contributed by atoms with E-state index in [1.165, 1.54) is 5.56 Å². The molecule has 0 aliphatic rings. The molecule has 0 saturated heterocycles. The molecule has 67 heavy (non-hydrogen) atoms. The first kappa shape index (κ1) is 39.4. The van der Waals surface area contributed by atoms with Gasteiger partial charge in [-0.1, -0.05) is 212 Å². The van der Waals surface area contributed by atoms with Gasteiger partial charge in [0, 0.05) is 49.8 Å². The summed E-state index contributed by atoms with van der Waals surface area (Å²) in [4.78, 5) is 29.9. The summed E-state index contributed by atoms with van der Waals surface area (Å²) < 4.78 is 2.36. The van der Waals surface area contributed by atoms with Gasteiger partial charge in [-0.3, -0.25) is 0 Å². The Kier molecular flexibility index (Phi) is 10.0. The van der Waals surface area contributed by atoms with Crippen LogP contribution < -0.4 is 0 Å². The van der Waals surface area contributed by atoms with E-state index in [-0.39, 0.29) is 0 Å². The van der Waals surface area contributed by atoms with Crippen molar-refractivity contribution in [3.05, 3.63) is 237 Å². The summed E-state index contributed by atoms with van der Waals surface area (Å²) in [6, 6.07) is 81.4. The maximum absolute atomic E-state index is 5.09. The van der Waals surface area contributed by atoms with E-state index in [1.807, 2.05) is 127 Å². The Morgan fingerprint density at radius 3 is 0.866 bits per heavy atom. The first-order valence-electron chi connectivity index (χ1n) is 22.3. The van der Waals surface area contributed by atoms with Crippen LogP contribution >= 0.6 is 0 Å². The number of nitrogens with zero attached hydrogens (tertiary/aromatic N) is 7. The minimum Gasteiger partial charge on any atom is -0.309 e. The van der Waals surface area contributed by atoms with Gasteiger partial charge in [-0.25, -0.2) is 29.9 Å². The number of rotatable bonds is 9. The molecule has 314 valence electrons. The summed E-state index contributed by atoms with van der Waals surface area (Å²) in [5.41, 5.74) is 13.2. The van der Waals surface area contributed by atoms with Crippen molar-refractivity contribution >= 4 is 21.8 Å². The molecule has 12 aromatic rings. The molecular formula is C60H39N7. The average molecular weight is 858 g/mol. The predicted molar refractivity (Wildman–Crippen MR) is 271 cm³/mol. The molecule has 0 radical (unpaired) electrons. The van der Waals surface area contributed by atoms with Crippen LogP contribution in [0.1, 0.15) is 0 Å². The molecule has 0 unspecified atom stereocenters. The van der Waals surface area contributed by atoms with Crippen molar-refractivity contribution in [2.75, 3.05) is 0 Å². The highest BCUT2D eigenvalue weighted by atomic mass is 15.0. The molecule has 12 rings (SSSR count). The van der Waals surface area contributed by atoms with Crippen LogP contribution in [0, 0.1) is 0 Å². The van der Waals surface area contributed by atoms with E-state index in [2.05, 4.69) is 114 Å². The molecule has 0 bridgehead atoms. The second-order valence-corrected chi connectivity index (χ2v) is 16.4. The van der Waals surface area contributed by atoms with Crippen LogP contribution in [0.4, 0.5) is 0 Å².